The third kappa shape index (κ3) is 3.52. The monoisotopic (exact) mass is 435 g/mol. The molecule has 2 heterocycles. The molecule has 0 saturated carbocycles. The van der Waals surface area contributed by atoms with Crippen molar-refractivity contribution in [2.75, 3.05) is 26.2 Å². The fraction of sp³-hybridized carbons (Fsp3) is 0.250. The molecule has 0 unspecified atom stereocenters. The lowest BCUT2D eigenvalue weighted by Gasteiger charge is -2.34. The summed E-state index contributed by atoms with van der Waals surface area (Å²) in [5.41, 5.74) is 2.29. The second kappa shape index (κ2) is 7.44. The molecule has 152 valence electrons. The van der Waals surface area contributed by atoms with Gasteiger partial charge in [-0.1, -0.05) is 29.8 Å². The number of amides is 1. The minimum Gasteiger partial charge on any atom is -0.358 e. The lowest BCUT2D eigenvalue weighted by molar-refractivity contribution is 0.0699. The first-order valence-electron chi connectivity index (χ1n) is 9.11. The van der Waals surface area contributed by atoms with E-state index in [1.54, 1.807) is 4.90 Å². The van der Waals surface area contributed by atoms with Crippen LogP contribution in [0, 0.1) is 12.7 Å². The van der Waals surface area contributed by atoms with Crippen LogP contribution in [-0.2, 0) is 10.0 Å². The van der Waals surface area contributed by atoms with E-state index in [4.69, 9.17) is 11.6 Å². The largest absolute Gasteiger partial charge is 0.358 e. The number of aromatic nitrogens is 1. The van der Waals surface area contributed by atoms with Gasteiger partial charge >= 0.3 is 0 Å². The zero-order valence-electron chi connectivity index (χ0n) is 15.7. The highest BCUT2D eigenvalue weighted by molar-refractivity contribution is 7.89. The maximum absolute atomic E-state index is 13.4. The second-order valence-electron chi connectivity index (χ2n) is 6.94. The SMILES string of the molecule is Cc1[nH]c2ccccc2c1C(=O)N1CCN(S(=O)(=O)c2ccc(F)c(Cl)c2)CC1. The number of hydrogen-bond acceptors (Lipinski definition) is 3. The van der Waals surface area contributed by atoms with E-state index in [-0.39, 0.29) is 42.0 Å². The Labute approximate surface area is 172 Å². The summed E-state index contributed by atoms with van der Waals surface area (Å²) in [7, 11) is -3.81. The van der Waals surface area contributed by atoms with E-state index in [2.05, 4.69) is 4.98 Å². The fourth-order valence-electron chi connectivity index (χ4n) is 3.63. The number of nitrogens with one attached hydrogen (secondary N) is 1. The maximum atomic E-state index is 13.4. The molecule has 0 spiro atoms. The van der Waals surface area contributed by atoms with Gasteiger partial charge in [-0.2, -0.15) is 4.31 Å². The minimum atomic E-state index is -3.81. The molecule has 2 aromatic carbocycles. The number of para-hydroxylation sites is 1. The van der Waals surface area contributed by atoms with Gasteiger partial charge in [0.1, 0.15) is 5.82 Å². The standard InChI is InChI=1S/C20H19ClFN3O3S/c1-13-19(15-4-2-3-5-18(15)23-13)20(26)24-8-10-25(11-9-24)29(27,28)14-6-7-17(22)16(21)12-14/h2-7,12,23H,8-11H2,1H3. The molecule has 1 fully saturated rings. The molecule has 0 bridgehead atoms. The van der Waals surface area contributed by atoms with Crippen LogP contribution in [0.15, 0.2) is 47.4 Å². The summed E-state index contributed by atoms with van der Waals surface area (Å²) in [6, 6.07) is 10.9. The lowest BCUT2D eigenvalue weighted by atomic mass is 10.1. The molecular weight excluding hydrogens is 417 g/mol. The van der Waals surface area contributed by atoms with Crippen LogP contribution in [0.2, 0.25) is 5.02 Å². The molecule has 1 aromatic heterocycles. The average Bonchev–Trinajstić information content (AvgIpc) is 3.05. The number of halogens is 2. The van der Waals surface area contributed by atoms with Gasteiger partial charge in [0.25, 0.3) is 5.91 Å². The molecule has 0 radical (unpaired) electrons. The van der Waals surface area contributed by atoms with E-state index in [0.717, 1.165) is 28.7 Å². The summed E-state index contributed by atoms with van der Waals surface area (Å²) in [4.78, 5) is 17.9. The summed E-state index contributed by atoms with van der Waals surface area (Å²) in [5.74, 6) is -0.794. The molecule has 0 atom stereocenters. The number of hydrogen-bond donors (Lipinski definition) is 1. The average molecular weight is 436 g/mol. The van der Waals surface area contributed by atoms with Gasteiger partial charge in [0, 0.05) is 42.8 Å². The molecule has 1 aliphatic heterocycles. The molecular formula is C20H19ClFN3O3S. The van der Waals surface area contributed by atoms with Crippen LogP contribution in [0.3, 0.4) is 0 Å². The van der Waals surface area contributed by atoms with Gasteiger partial charge < -0.3 is 9.88 Å². The first-order valence-corrected chi connectivity index (χ1v) is 10.9. The van der Waals surface area contributed by atoms with Gasteiger partial charge in [0.2, 0.25) is 10.0 Å². The number of aromatic amines is 1. The summed E-state index contributed by atoms with van der Waals surface area (Å²) in [6.45, 7) is 2.71. The molecule has 3 aromatic rings. The van der Waals surface area contributed by atoms with Crippen LogP contribution < -0.4 is 0 Å². The summed E-state index contributed by atoms with van der Waals surface area (Å²) < 4.78 is 40.3. The van der Waals surface area contributed by atoms with Crippen LogP contribution in [0.5, 0.6) is 0 Å². The number of rotatable bonds is 3. The van der Waals surface area contributed by atoms with E-state index in [9.17, 15) is 17.6 Å². The Morgan fingerprint density at radius 3 is 2.48 bits per heavy atom. The van der Waals surface area contributed by atoms with Gasteiger partial charge in [-0.25, -0.2) is 12.8 Å². The van der Waals surface area contributed by atoms with Gasteiger partial charge in [0.15, 0.2) is 0 Å². The molecule has 29 heavy (non-hydrogen) atoms. The summed E-state index contributed by atoms with van der Waals surface area (Å²) >= 11 is 5.73. The molecule has 1 aliphatic rings. The van der Waals surface area contributed by atoms with Crippen LogP contribution in [-0.4, -0.2) is 54.7 Å². The Kier molecular flexibility index (Phi) is 5.10. The van der Waals surface area contributed by atoms with Gasteiger partial charge in [-0.15, -0.1) is 0 Å². The highest BCUT2D eigenvalue weighted by atomic mass is 35.5. The van der Waals surface area contributed by atoms with Crippen LogP contribution in [0.4, 0.5) is 4.39 Å². The number of sulfonamides is 1. The Morgan fingerprint density at radius 2 is 1.79 bits per heavy atom. The van der Waals surface area contributed by atoms with Crippen molar-refractivity contribution in [1.29, 1.82) is 0 Å². The van der Waals surface area contributed by atoms with Crippen LogP contribution >= 0.6 is 11.6 Å². The Bertz CT molecular complexity index is 1200. The summed E-state index contributed by atoms with van der Waals surface area (Å²) in [5, 5.41) is 0.612. The van der Waals surface area contributed by atoms with Crippen molar-refractivity contribution >= 4 is 38.4 Å². The Hall–Kier alpha value is -2.42. The van der Waals surface area contributed by atoms with Gasteiger partial charge in [-0.3, -0.25) is 4.79 Å². The van der Waals surface area contributed by atoms with Crippen molar-refractivity contribution in [1.82, 2.24) is 14.2 Å². The van der Waals surface area contributed by atoms with Crippen LogP contribution in [0.1, 0.15) is 16.1 Å². The van der Waals surface area contributed by atoms with Crippen molar-refractivity contribution in [3.63, 3.8) is 0 Å². The molecule has 9 heteroatoms. The topological polar surface area (TPSA) is 73.5 Å². The number of piperazine rings is 1. The van der Waals surface area contributed by atoms with E-state index < -0.39 is 15.8 Å². The quantitative estimate of drug-likeness (QED) is 0.685. The van der Waals surface area contributed by atoms with E-state index in [1.165, 1.54) is 10.4 Å². The molecule has 1 amide bonds. The smallest absolute Gasteiger partial charge is 0.256 e. The fourth-order valence-corrected chi connectivity index (χ4v) is 5.32. The number of aryl methyl sites for hydroxylation is 1. The third-order valence-corrected chi connectivity index (χ3v) is 7.35. The Balaban J connectivity index is 1.52. The van der Waals surface area contributed by atoms with Gasteiger partial charge in [0.05, 0.1) is 15.5 Å². The second-order valence-corrected chi connectivity index (χ2v) is 9.29. The maximum Gasteiger partial charge on any atom is 0.256 e. The van der Waals surface area contributed by atoms with Crippen molar-refractivity contribution in [3.05, 3.63) is 64.6 Å². The predicted octanol–water partition coefficient (Wildman–Crippen LogP) is 3.42. The highest BCUT2D eigenvalue weighted by Crippen LogP contribution is 2.26. The Morgan fingerprint density at radius 1 is 1.10 bits per heavy atom. The predicted molar refractivity (Wildman–Crippen MR) is 109 cm³/mol. The number of carbonyl (C=O) groups is 1. The minimum absolute atomic E-state index is 0.0591. The molecule has 1 N–H and O–H groups in total. The first-order chi connectivity index (χ1) is 13.8. The van der Waals surface area contributed by atoms with Crippen molar-refractivity contribution in [3.8, 4) is 0 Å². The molecule has 0 aliphatic carbocycles. The normalized spacial score (nSPS) is 15.8. The number of benzene rings is 2. The van der Waals surface area contributed by atoms with Gasteiger partial charge in [-0.05, 0) is 31.2 Å². The third-order valence-electron chi connectivity index (χ3n) is 5.16. The van der Waals surface area contributed by atoms with E-state index in [0.29, 0.717) is 5.56 Å². The van der Waals surface area contributed by atoms with Crippen LogP contribution in [0.25, 0.3) is 10.9 Å². The highest BCUT2D eigenvalue weighted by Gasteiger charge is 2.32. The number of H-pyrrole nitrogens is 1. The lowest BCUT2D eigenvalue weighted by Crippen LogP contribution is -2.50. The van der Waals surface area contributed by atoms with Crippen molar-refractivity contribution < 1.29 is 17.6 Å². The summed E-state index contributed by atoms with van der Waals surface area (Å²) in [6.07, 6.45) is 0. The van der Waals surface area contributed by atoms with E-state index >= 15 is 0 Å². The molecule has 6 nitrogen and oxygen atoms in total. The molecule has 4 rings (SSSR count). The van der Waals surface area contributed by atoms with E-state index in [1.807, 2.05) is 31.2 Å². The number of carbonyl (C=O) groups excluding carboxylic acids is 1. The zero-order valence-corrected chi connectivity index (χ0v) is 17.2. The van der Waals surface area contributed by atoms with Crippen molar-refractivity contribution in [2.45, 2.75) is 11.8 Å². The first kappa shape index (κ1) is 19.9. The van der Waals surface area contributed by atoms with Crippen molar-refractivity contribution in [2.24, 2.45) is 0 Å². The molecule has 1 saturated heterocycles. The number of fused-ring (bicyclic) bond motifs is 1. The number of nitrogens with zero attached hydrogens (tertiary/aromatic N) is 2. The zero-order chi connectivity index (χ0) is 20.8.